The number of anilines is 1. The number of rotatable bonds is 4. The largest absolute Gasteiger partial charge is 0.372 e. The Balaban J connectivity index is 2.51. The van der Waals surface area contributed by atoms with E-state index in [1.807, 2.05) is 7.05 Å². The van der Waals surface area contributed by atoms with Gasteiger partial charge < -0.3 is 5.32 Å². The number of nitrogens with one attached hydrogen (secondary N) is 1. The molecular formula is C14H15FIN3. The molecule has 1 aromatic heterocycles. The van der Waals surface area contributed by atoms with Crippen molar-refractivity contribution in [2.24, 2.45) is 0 Å². The minimum atomic E-state index is -0.253. The Morgan fingerprint density at radius 3 is 2.47 bits per heavy atom. The molecule has 19 heavy (non-hydrogen) atoms. The van der Waals surface area contributed by atoms with Crippen molar-refractivity contribution in [3.8, 4) is 11.4 Å². The number of nitrogens with zero attached hydrogens (tertiary/aromatic N) is 2. The van der Waals surface area contributed by atoms with E-state index in [2.05, 4.69) is 44.8 Å². The maximum atomic E-state index is 13.0. The first-order valence-electron chi connectivity index (χ1n) is 6.15. The van der Waals surface area contributed by atoms with Crippen LogP contribution < -0.4 is 5.32 Å². The molecule has 1 N–H and O–H groups in total. The minimum Gasteiger partial charge on any atom is -0.372 e. The second kappa shape index (κ2) is 6.27. The molecule has 2 rings (SSSR count). The highest BCUT2D eigenvalue weighted by Crippen LogP contribution is 2.24. The monoisotopic (exact) mass is 371 g/mol. The van der Waals surface area contributed by atoms with E-state index in [-0.39, 0.29) is 5.82 Å². The van der Waals surface area contributed by atoms with Crippen LogP contribution in [0.1, 0.15) is 19.0 Å². The highest BCUT2D eigenvalue weighted by atomic mass is 127. The van der Waals surface area contributed by atoms with E-state index in [1.165, 1.54) is 12.1 Å². The van der Waals surface area contributed by atoms with Crippen LogP contribution in [0.4, 0.5) is 10.2 Å². The lowest BCUT2D eigenvalue weighted by Gasteiger charge is -2.10. The summed E-state index contributed by atoms with van der Waals surface area (Å²) in [6, 6.07) is 6.25. The average Bonchev–Trinajstić information content (AvgIpc) is 2.42. The molecule has 0 aliphatic carbocycles. The first kappa shape index (κ1) is 14.2. The summed E-state index contributed by atoms with van der Waals surface area (Å²) in [6.07, 6.45) is 1.93. The predicted octanol–water partition coefficient (Wildman–Crippen LogP) is 3.88. The third kappa shape index (κ3) is 3.20. The van der Waals surface area contributed by atoms with E-state index in [4.69, 9.17) is 0 Å². The molecule has 100 valence electrons. The Morgan fingerprint density at radius 2 is 1.89 bits per heavy atom. The summed E-state index contributed by atoms with van der Waals surface area (Å²) in [5.74, 6) is 1.20. The number of benzene rings is 1. The van der Waals surface area contributed by atoms with Crippen LogP contribution in [-0.4, -0.2) is 17.0 Å². The Bertz CT molecular complexity index is 570. The van der Waals surface area contributed by atoms with Crippen molar-refractivity contribution in [2.75, 3.05) is 12.4 Å². The molecule has 3 nitrogen and oxygen atoms in total. The summed E-state index contributed by atoms with van der Waals surface area (Å²) in [7, 11) is 1.84. The van der Waals surface area contributed by atoms with Crippen LogP contribution in [0.3, 0.4) is 0 Å². The fraction of sp³-hybridized carbons (Fsp3) is 0.286. The quantitative estimate of drug-likeness (QED) is 0.829. The van der Waals surface area contributed by atoms with E-state index in [9.17, 15) is 4.39 Å². The van der Waals surface area contributed by atoms with Gasteiger partial charge in [0.15, 0.2) is 5.82 Å². The molecule has 0 unspecified atom stereocenters. The summed E-state index contributed by atoms with van der Waals surface area (Å²) in [4.78, 5) is 9.07. The molecule has 0 aliphatic heterocycles. The number of halogens is 2. The number of hydrogen-bond donors (Lipinski definition) is 1. The maximum Gasteiger partial charge on any atom is 0.161 e. The SMILES string of the molecule is CCCc1nc(-c2ccc(F)cc2)nc(NC)c1I. The van der Waals surface area contributed by atoms with Crippen molar-refractivity contribution in [2.45, 2.75) is 19.8 Å². The van der Waals surface area contributed by atoms with E-state index in [0.717, 1.165) is 33.5 Å². The van der Waals surface area contributed by atoms with Gasteiger partial charge in [0.25, 0.3) is 0 Å². The van der Waals surface area contributed by atoms with Crippen molar-refractivity contribution in [1.29, 1.82) is 0 Å². The topological polar surface area (TPSA) is 37.8 Å². The number of aromatic nitrogens is 2. The van der Waals surface area contributed by atoms with Crippen LogP contribution >= 0.6 is 22.6 Å². The zero-order valence-electron chi connectivity index (χ0n) is 10.9. The molecule has 1 heterocycles. The minimum absolute atomic E-state index is 0.253. The molecule has 0 saturated heterocycles. The molecular weight excluding hydrogens is 356 g/mol. The molecule has 0 radical (unpaired) electrons. The molecule has 5 heteroatoms. The van der Waals surface area contributed by atoms with E-state index >= 15 is 0 Å². The number of hydrogen-bond acceptors (Lipinski definition) is 3. The number of aryl methyl sites for hydroxylation is 1. The van der Waals surface area contributed by atoms with Crippen molar-refractivity contribution in [3.63, 3.8) is 0 Å². The molecule has 0 saturated carbocycles. The third-order valence-electron chi connectivity index (χ3n) is 2.75. The lowest BCUT2D eigenvalue weighted by Crippen LogP contribution is -2.05. The lowest BCUT2D eigenvalue weighted by atomic mass is 10.2. The Morgan fingerprint density at radius 1 is 1.21 bits per heavy atom. The molecule has 0 aliphatic rings. The summed E-state index contributed by atoms with van der Waals surface area (Å²) in [6.45, 7) is 2.12. The molecule has 1 aromatic carbocycles. The van der Waals surface area contributed by atoms with Crippen LogP contribution in [0.25, 0.3) is 11.4 Å². The van der Waals surface area contributed by atoms with Gasteiger partial charge in [0.05, 0.1) is 9.26 Å². The van der Waals surface area contributed by atoms with Gasteiger partial charge in [-0.3, -0.25) is 0 Å². The summed E-state index contributed by atoms with van der Waals surface area (Å²) < 4.78 is 14.0. The zero-order valence-corrected chi connectivity index (χ0v) is 13.0. The maximum absolute atomic E-state index is 13.0. The van der Waals surface area contributed by atoms with Crippen molar-refractivity contribution in [3.05, 3.63) is 39.3 Å². The van der Waals surface area contributed by atoms with Gasteiger partial charge in [0.1, 0.15) is 11.6 Å². The highest BCUT2D eigenvalue weighted by molar-refractivity contribution is 14.1. The summed E-state index contributed by atoms with van der Waals surface area (Å²) in [5.41, 5.74) is 1.86. The first-order chi connectivity index (χ1) is 9.15. The van der Waals surface area contributed by atoms with Gasteiger partial charge in [0, 0.05) is 12.6 Å². The van der Waals surface area contributed by atoms with Crippen LogP contribution in [0.15, 0.2) is 24.3 Å². The van der Waals surface area contributed by atoms with Gasteiger partial charge in [-0.1, -0.05) is 13.3 Å². The first-order valence-corrected chi connectivity index (χ1v) is 7.23. The van der Waals surface area contributed by atoms with E-state index < -0.39 is 0 Å². The smallest absolute Gasteiger partial charge is 0.161 e. The van der Waals surface area contributed by atoms with Crippen LogP contribution in [0, 0.1) is 9.39 Å². The fourth-order valence-corrected chi connectivity index (χ4v) is 2.57. The Hall–Kier alpha value is -1.24. The van der Waals surface area contributed by atoms with E-state index in [0.29, 0.717) is 5.82 Å². The van der Waals surface area contributed by atoms with Gasteiger partial charge in [-0.25, -0.2) is 14.4 Å². The van der Waals surface area contributed by atoms with Gasteiger partial charge in [-0.15, -0.1) is 0 Å². The Labute approximate surface area is 125 Å². The molecule has 0 fully saturated rings. The second-order valence-corrected chi connectivity index (χ2v) is 5.24. The molecule has 0 spiro atoms. The second-order valence-electron chi connectivity index (χ2n) is 4.16. The average molecular weight is 371 g/mol. The predicted molar refractivity (Wildman–Crippen MR) is 83.7 cm³/mol. The van der Waals surface area contributed by atoms with Crippen LogP contribution in [0.2, 0.25) is 0 Å². The molecule has 0 bridgehead atoms. The molecule has 2 aromatic rings. The highest BCUT2D eigenvalue weighted by Gasteiger charge is 2.12. The summed E-state index contributed by atoms with van der Waals surface area (Å²) in [5, 5.41) is 3.08. The van der Waals surface area contributed by atoms with Gasteiger partial charge in [-0.2, -0.15) is 0 Å². The van der Waals surface area contributed by atoms with Gasteiger partial charge in [-0.05, 0) is 53.3 Å². The van der Waals surface area contributed by atoms with Crippen molar-refractivity contribution < 1.29 is 4.39 Å². The normalized spacial score (nSPS) is 10.5. The molecule has 0 amide bonds. The van der Waals surface area contributed by atoms with Gasteiger partial charge in [0.2, 0.25) is 0 Å². The van der Waals surface area contributed by atoms with Crippen LogP contribution in [-0.2, 0) is 6.42 Å². The standard InChI is InChI=1S/C14H15FIN3/c1-3-4-11-12(16)14(17-2)19-13(18-11)9-5-7-10(15)8-6-9/h5-8H,3-4H2,1-2H3,(H,17,18,19). The Kier molecular flexibility index (Phi) is 4.68. The summed E-state index contributed by atoms with van der Waals surface area (Å²) >= 11 is 2.26. The lowest BCUT2D eigenvalue weighted by molar-refractivity contribution is 0.628. The zero-order chi connectivity index (χ0) is 13.8. The van der Waals surface area contributed by atoms with Crippen molar-refractivity contribution >= 4 is 28.4 Å². The van der Waals surface area contributed by atoms with E-state index in [1.54, 1.807) is 12.1 Å². The van der Waals surface area contributed by atoms with Gasteiger partial charge >= 0.3 is 0 Å². The fourth-order valence-electron chi connectivity index (χ4n) is 1.79. The molecule has 0 atom stereocenters. The van der Waals surface area contributed by atoms with Crippen LogP contribution in [0.5, 0.6) is 0 Å². The van der Waals surface area contributed by atoms with Crippen molar-refractivity contribution in [1.82, 2.24) is 9.97 Å². The third-order valence-corrected chi connectivity index (χ3v) is 3.88.